The summed E-state index contributed by atoms with van der Waals surface area (Å²) >= 11 is 37.4. The van der Waals surface area contributed by atoms with Crippen molar-refractivity contribution in [3.8, 4) is 0 Å². The smallest absolute Gasteiger partial charge is 0.197 e. The van der Waals surface area contributed by atoms with Crippen molar-refractivity contribution in [2.45, 2.75) is 0 Å². The van der Waals surface area contributed by atoms with Crippen molar-refractivity contribution in [1.82, 2.24) is 0 Å². The third kappa shape index (κ3) is 6.61. The maximum atomic E-state index is 6.67. The van der Waals surface area contributed by atoms with E-state index in [2.05, 4.69) is 23.5 Å². The van der Waals surface area contributed by atoms with Gasteiger partial charge in [-0.25, -0.2) is 0 Å². The first kappa shape index (κ1) is 22.9. The van der Waals surface area contributed by atoms with E-state index in [1.165, 1.54) is 0 Å². The van der Waals surface area contributed by atoms with Gasteiger partial charge in [0.1, 0.15) is 0 Å². The zero-order valence-corrected chi connectivity index (χ0v) is 20.8. The Morgan fingerprint density at radius 1 is 0.679 bits per heavy atom. The molecule has 148 valence electrons. The average Bonchev–Trinajstić information content (AvgIpc) is 2.59. The predicted octanol–water partition coefficient (Wildman–Crippen LogP) is 10.2. The van der Waals surface area contributed by atoms with Crippen molar-refractivity contribution in [1.29, 1.82) is 0 Å². The van der Waals surface area contributed by atoms with Crippen LogP contribution in [0.1, 0.15) is 11.1 Å². The van der Waals surface area contributed by atoms with Gasteiger partial charge in [-0.2, -0.15) is 23.5 Å². The predicted molar refractivity (Wildman–Crippen MR) is 129 cm³/mol. The van der Waals surface area contributed by atoms with E-state index >= 15 is 0 Å². The molecule has 0 saturated carbocycles. The Bertz CT molecular complexity index is 1060. The fraction of sp³-hybridized carbons (Fsp3) is 0. The summed E-state index contributed by atoms with van der Waals surface area (Å²) in [5.41, 5.74) is 1.23. The van der Waals surface area contributed by atoms with Crippen LogP contribution in [0.15, 0.2) is 84.2 Å². The van der Waals surface area contributed by atoms with Gasteiger partial charge in [-0.05, 0) is 67.4 Å². The van der Waals surface area contributed by atoms with E-state index < -0.39 is 17.7 Å². The standard InChI is InChI=1S/C14H10Cl6N5P3/c15-26(16,17)25-28(20)23-13(11-7-3-1-4-8-11)21-27(18,19)22-14(24-28)12-9-5-2-6-10-12/h1-10H. The van der Waals surface area contributed by atoms with Crippen LogP contribution in [0.4, 0.5) is 0 Å². The van der Waals surface area contributed by atoms with Crippen LogP contribution >= 0.6 is 85.2 Å². The minimum absolute atomic E-state index is 0.157. The molecule has 1 heterocycles. The Labute approximate surface area is 191 Å². The molecule has 0 N–H and O–H groups in total. The average molecular weight is 554 g/mol. The van der Waals surface area contributed by atoms with Gasteiger partial charge in [-0.3, -0.25) is 0 Å². The Kier molecular flexibility index (Phi) is 7.47. The summed E-state index contributed by atoms with van der Waals surface area (Å²) in [5.74, 6) is -2.88. The summed E-state index contributed by atoms with van der Waals surface area (Å²) in [6, 6.07) is 18.0. The molecule has 1 aliphatic rings. The zero-order valence-electron chi connectivity index (χ0n) is 13.6. The molecule has 0 aliphatic carbocycles. The van der Waals surface area contributed by atoms with Crippen LogP contribution in [0.3, 0.4) is 0 Å². The lowest BCUT2D eigenvalue weighted by Gasteiger charge is -2.16. The van der Waals surface area contributed by atoms with Gasteiger partial charge in [0, 0.05) is 11.1 Å². The van der Waals surface area contributed by atoms with Gasteiger partial charge in [0.15, 0.2) is 11.7 Å². The third-order valence-corrected chi connectivity index (χ3v) is 10.4. The molecule has 28 heavy (non-hydrogen) atoms. The molecule has 0 spiro atoms. The molecule has 2 aromatic carbocycles. The quantitative estimate of drug-likeness (QED) is 0.339. The second kappa shape index (κ2) is 9.15. The van der Waals surface area contributed by atoms with Crippen molar-refractivity contribution in [2.75, 3.05) is 0 Å². The number of hydrogen-bond donors (Lipinski definition) is 0. The molecule has 1 atom stereocenters. The third-order valence-electron chi connectivity index (χ3n) is 3.15. The largest absolute Gasteiger partial charge is 0.284 e. The summed E-state index contributed by atoms with van der Waals surface area (Å²) in [6.07, 6.45) is 0. The van der Waals surface area contributed by atoms with E-state index in [1.54, 1.807) is 48.5 Å². The van der Waals surface area contributed by atoms with Gasteiger partial charge >= 0.3 is 0 Å². The molecule has 0 saturated heterocycles. The molecule has 3 rings (SSSR count). The van der Waals surface area contributed by atoms with Crippen LogP contribution in [-0.2, 0) is 0 Å². The normalized spacial score (nSPS) is 21.9. The summed E-state index contributed by atoms with van der Waals surface area (Å²) in [4.78, 5) is 0. The van der Waals surface area contributed by atoms with Crippen molar-refractivity contribution in [3.63, 3.8) is 0 Å². The summed E-state index contributed by atoms with van der Waals surface area (Å²) in [5, 5.41) is -3.25. The van der Waals surface area contributed by atoms with Crippen LogP contribution < -0.4 is 0 Å². The van der Waals surface area contributed by atoms with Gasteiger partial charge in [0.25, 0.3) is 12.6 Å². The fourth-order valence-corrected chi connectivity index (χ4v) is 11.0. The van der Waals surface area contributed by atoms with Gasteiger partial charge in [0.05, 0.1) is 0 Å². The Balaban J connectivity index is 2.32. The molecule has 0 fully saturated rings. The summed E-state index contributed by atoms with van der Waals surface area (Å²) in [6.45, 7) is -3.42. The zero-order chi connectivity index (χ0) is 20.4. The van der Waals surface area contributed by atoms with E-state index in [1.807, 2.05) is 12.1 Å². The summed E-state index contributed by atoms with van der Waals surface area (Å²) < 4.78 is 21.7. The monoisotopic (exact) mass is 551 g/mol. The maximum absolute atomic E-state index is 6.67. The van der Waals surface area contributed by atoms with Crippen LogP contribution in [0, 0.1) is 0 Å². The van der Waals surface area contributed by atoms with Crippen molar-refractivity contribution in [2.24, 2.45) is 23.5 Å². The number of hydrogen-bond acceptors (Lipinski definition) is 5. The van der Waals surface area contributed by atoms with Crippen LogP contribution in [0.25, 0.3) is 0 Å². The van der Waals surface area contributed by atoms with Crippen molar-refractivity contribution >= 4 is 96.8 Å². The van der Waals surface area contributed by atoms with Crippen molar-refractivity contribution in [3.05, 3.63) is 71.8 Å². The first-order valence-corrected chi connectivity index (χ1v) is 17.9. The van der Waals surface area contributed by atoms with Gasteiger partial charge < -0.3 is 0 Å². The highest BCUT2D eigenvalue weighted by molar-refractivity contribution is 8.28. The van der Waals surface area contributed by atoms with E-state index in [-0.39, 0.29) is 11.7 Å². The Morgan fingerprint density at radius 2 is 1.14 bits per heavy atom. The molecule has 0 bridgehead atoms. The molecule has 5 nitrogen and oxygen atoms in total. The maximum Gasteiger partial charge on any atom is 0.284 e. The fourth-order valence-electron chi connectivity index (χ4n) is 2.13. The first-order valence-electron chi connectivity index (χ1n) is 7.43. The van der Waals surface area contributed by atoms with Crippen LogP contribution in [0.2, 0.25) is 0 Å². The summed E-state index contributed by atoms with van der Waals surface area (Å²) in [7, 11) is 0. The highest BCUT2D eigenvalue weighted by Gasteiger charge is 2.27. The number of benzene rings is 2. The molecule has 1 unspecified atom stereocenters. The molecule has 2 aromatic rings. The first-order chi connectivity index (χ1) is 13.1. The lowest BCUT2D eigenvalue weighted by atomic mass is 10.2. The minimum Gasteiger partial charge on any atom is -0.197 e. The second-order valence-electron chi connectivity index (χ2n) is 5.24. The van der Waals surface area contributed by atoms with Crippen LogP contribution in [0.5, 0.6) is 0 Å². The van der Waals surface area contributed by atoms with E-state index in [9.17, 15) is 0 Å². The van der Waals surface area contributed by atoms with Crippen molar-refractivity contribution < 1.29 is 0 Å². The molecule has 0 amide bonds. The van der Waals surface area contributed by atoms with Gasteiger partial charge in [0.2, 0.25) is 5.11 Å². The molecule has 14 heteroatoms. The molecule has 0 radical (unpaired) electrons. The Morgan fingerprint density at radius 3 is 1.61 bits per heavy atom. The number of amidine groups is 2. The number of halogens is 6. The van der Waals surface area contributed by atoms with E-state index in [0.717, 1.165) is 0 Å². The number of rotatable bonds is 3. The van der Waals surface area contributed by atoms with Gasteiger partial charge in [-0.1, -0.05) is 60.7 Å². The van der Waals surface area contributed by atoms with E-state index in [0.29, 0.717) is 11.1 Å². The molecular weight excluding hydrogens is 544 g/mol. The number of nitrogens with zero attached hydrogens (tertiary/aromatic N) is 5. The molecule has 0 aromatic heterocycles. The molecular formula is C14H10Cl6N5P3. The minimum atomic E-state index is -3.42. The van der Waals surface area contributed by atoms with E-state index in [4.69, 9.17) is 67.4 Å². The second-order valence-corrected chi connectivity index (χ2v) is 20.2. The Hall–Kier alpha value is 0.210. The van der Waals surface area contributed by atoms with Gasteiger partial charge in [-0.15, -0.1) is 0 Å². The highest BCUT2D eigenvalue weighted by Crippen LogP contribution is 2.76. The van der Waals surface area contributed by atoms with Crippen LogP contribution in [-0.4, -0.2) is 11.7 Å². The highest BCUT2D eigenvalue weighted by atomic mass is 36.0. The topological polar surface area (TPSA) is 61.8 Å². The molecule has 1 aliphatic heterocycles. The lowest BCUT2D eigenvalue weighted by molar-refractivity contribution is 1.50. The SMILES string of the molecule is ClP(Cl)(Cl)=NP1(Cl)=NC(c2ccccc2)=NP(Cl)(Cl)=NC(c2ccccc2)=N1. The lowest BCUT2D eigenvalue weighted by Crippen LogP contribution is -2.00.